The van der Waals surface area contributed by atoms with Crippen LogP contribution in [0.5, 0.6) is 0 Å². The molecule has 2 unspecified atom stereocenters. The van der Waals surface area contributed by atoms with E-state index in [4.69, 9.17) is 0 Å². The molecule has 20 heavy (non-hydrogen) atoms. The number of aromatic nitrogens is 1. The fourth-order valence-electron chi connectivity index (χ4n) is 2.64. The normalized spacial score (nSPS) is 20.9. The van der Waals surface area contributed by atoms with E-state index in [1.54, 1.807) is 12.1 Å². The van der Waals surface area contributed by atoms with Crippen molar-refractivity contribution in [3.8, 4) is 0 Å². The molecular weight excluding hydrogens is 252 g/mol. The lowest BCUT2D eigenvalue weighted by molar-refractivity contribution is 0.0699. The quantitative estimate of drug-likeness (QED) is 0.927. The molecule has 104 valence electrons. The van der Waals surface area contributed by atoms with Crippen molar-refractivity contribution in [2.75, 3.05) is 18.5 Å². The summed E-state index contributed by atoms with van der Waals surface area (Å²) in [6.07, 6.45) is 1.29. The molecule has 1 aromatic carbocycles. The number of nitrogens with zero attached hydrogens (tertiary/aromatic N) is 2. The minimum Gasteiger partial charge on any atom is -0.478 e. The molecule has 1 fully saturated rings. The van der Waals surface area contributed by atoms with Gasteiger partial charge in [0, 0.05) is 19.0 Å². The number of carbonyl (C=O) groups is 1. The SMILES string of the molecule is CC1CC1CN(C)c1ccc2c(C(=O)O)cccc2n1. The summed E-state index contributed by atoms with van der Waals surface area (Å²) in [7, 11) is 2.04. The van der Waals surface area contributed by atoms with Crippen LogP contribution >= 0.6 is 0 Å². The lowest BCUT2D eigenvalue weighted by Gasteiger charge is -2.18. The molecule has 0 radical (unpaired) electrons. The van der Waals surface area contributed by atoms with Crippen LogP contribution in [0.4, 0.5) is 5.82 Å². The van der Waals surface area contributed by atoms with Crippen LogP contribution in [0.3, 0.4) is 0 Å². The summed E-state index contributed by atoms with van der Waals surface area (Å²) in [5.74, 6) is 1.57. The molecule has 1 saturated carbocycles. The molecule has 0 spiro atoms. The molecule has 3 rings (SSSR count). The first-order valence-electron chi connectivity index (χ1n) is 6.90. The second kappa shape index (κ2) is 4.78. The Morgan fingerprint density at radius 1 is 1.40 bits per heavy atom. The van der Waals surface area contributed by atoms with Crippen LogP contribution in [0.25, 0.3) is 10.9 Å². The maximum Gasteiger partial charge on any atom is 0.336 e. The molecule has 1 heterocycles. The van der Waals surface area contributed by atoms with Gasteiger partial charge in [-0.2, -0.15) is 0 Å². The van der Waals surface area contributed by atoms with Crippen molar-refractivity contribution in [2.24, 2.45) is 11.8 Å². The molecule has 1 N–H and O–H groups in total. The summed E-state index contributed by atoms with van der Waals surface area (Å²) in [6, 6.07) is 8.97. The molecule has 2 aromatic rings. The summed E-state index contributed by atoms with van der Waals surface area (Å²) < 4.78 is 0. The van der Waals surface area contributed by atoms with Crippen molar-refractivity contribution in [3.63, 3.8) is 0 Å². The first-order chi connectivity index (χ1) is 9.56. The van der Waals surface area contributed by atoms with E-state index in [0.29, 0.717) is 10.9 Å². The van der Waals surface area contributed by atoms with Gasteiger partial charge in [-0.1, -0.05) is 13.0 Å². The van der Waals surface area contributed by atoms with Gasteiger partial charge in [-0.15, -0.1) is 0 Å². The van der Waals surface area contributed by atoms with Gasteiger partial charge in [0.05, 0.1) is 11.1 Å². The molecular formula is C16H18N2O2. The molecule has 1 aliphatic rings. The highest BCUT2D eigenvalue weighted by Crippen LogP contribution is 2.38. The van der Waals surface area contributed by atoms with Crippen LogP contribution in [-0.2, 0) is 0 Å². The maximum absolute atomic E-state index is 11.2. The first-order valence-corrected chi connectivity index (χ1v) is 6.90. The summed E-state index contributed by atoms with van der Waals surface area (Å²) in [5.41, 5.74) is 1.04. The smallest absolute Gasteiger partial charge is 0.336 e. The van der Waals surface area contributed by atoms with E-state index < -0.39 is 5.97 Å². The van der Waals surface area contributed by atoms with Gasteiger partial charge in [-0.25, -0.2) is 9.78 Å². The molecule has 0 saturated heterocycles. The second-order valence-corrected chi connectivity index (χ2v) is 5.70. The van der Waals surface area contributed by atoms with Gasteiger partial charge in [0.25, 0.3) is 0 Å². The van der Waals surface area contributed by atoms with Crippen molar-refractivity contribution in [2.45, 2.75) is 13.3 Å². The van der Waals surface area contributed by atoms with Crippen molar-refractivity contribution in [3.05, 3.63) is 35.9 Å². The van der Waals surface area contributed by atoms with Crippen LogP contribution in [0.15, 0.2) is 30.3 Å². The lowest BCUT2D eigenvalue weighted by Crippen LogP contribution is -2.21. The monoisotopic (exact) mass is 270 g/mol. The van der Waals surface area contributed by atoms with Crippen molar-refractivity contribution < 1.29 is 9.90 Å². The highest BCUT2D eigenvalue weighted by Gasteiger charge is 2.33. The molecule has 0 aliphatic heterocycles. The number of hydrogen-bond donors (Lipinski definition) is 1. The number of benzene rings is 1. The summed E-state index contributed by atoms with van der Waals surface area (Å²) in [6.45, 7) is 3.28. The Hall–Kier alpha value is -2.10. The Morgan fingerprint density at radius 2 is 2.15 bits per heavy atom. The third-order valence-corrected chi connectivity index (χ3v) is 4.12. The topological polar surface area (TPSA) is 53.4 Å². The van der Waals surface area contributed by atoms with Gasteiger partial charge < -0.3 is 10.0 Å². The van der Waals surface area contributed by atoms with Crippen LogP contribution in [0, 0.1) is 11.8 Å². The Kier molecular flexibility index (Phi) is 3.08. The van der Waals surface area contributed by atoms with E-state index in [1.165, 1.54) is 6.42 Å². The van der Waals surface area contributed by atoms with E-state index in [2.05, 4.69) is 16.8 Å². The molecule has 4 nitrogen and oxygen atoms in total. The summed E-state index contributed by atoms with van der Waals surface area (Å²) >= 11 is 0. The van der Waals surface area contributed by atoms with E-state index in [1.807, 2.05) is 25.2 Å². The van der Waals surface area contributed by atoms with Gasteiger partial charge in [0.1, 0.15) is 5.82 Å². The van der Waals surface area contributed by atoms with E-state index >= 15 is 0 Å². The number of pyridine rings is 1. The highest BCUT2D eigenvalue weighted by atomic mass is 16.4. The molecule has 1 aliphatic carbocycles. The van der Waals surface area contributed by atoms with Crippen molar-refractivity contribution >= 4 is 22.7 Å². The molecule has 1 aromatic heterocycles. The predicted molar refractivity (Wildman–Crippen MR) is 79.2 cm³/mol. The first kappa shape index (κ1) is 12.9. The maximum atomic E-state index is 11.2. The third kappa shape index (κ3) is 2.33. The zero-order valence-electron chi connectivity index (χ0n) is 11.7. The average Bonchev–Trinajstić information content (AvgIpc) is 3.12. The van der Waals surface area contributed by atoms with Crippen molar-refractivity contribution in [1.82, 2.24) is 4.98 Å². The minimum absolute atomic E-state index is 0.306. The second-order valence-electron chi connectivity index (χ2n) is 5.70. The number of aromatic carboxylic acids is 1. The fraction of sp³-hybridized carbons (Fsp3) is 0.375. The summed E-state index contributed by atoms with van der Waals surface area (Å²) in [4.78, 5) is 17.9. The Morgan fingerprint density at radius 3 is 2.80 bits per heavy atom. The zero-order valence-corrected chi connectivity index (χ0v) is 11.7. The fourth-order valence-corrected chi connectivity index (χ4v) is 2.64. The minimum atomic E-state index is -0.912. The van der Waals surface area contributed by atoms with Gasteiger partial charge >= 0.3 is 5.97 Å². The average molecular weight is 270 g/mol. The van der Waals surface area contributed by atoms with E-state index in [-0.39, 0.29) is 0 Å². The number of fused-ring (bicyclic) bond motifs is 1. The number of hydrogen-bond acceptors (Lipinski definition) is 3. The number of anilines is 1. The highest BCUT2D eigenvalue weighted by molar-refractivity contribution is 6.02. The van der Waals surface area contributed by atoms with Crippen molar-refractivity contribution in [1.29, 1.82) is 0 Å². The molecule has 2 atom stereocenters. The Balaban J connectivity index is 1.92. The Labute approximate surface area is 118 Å². The largest absolute Gasteiger partial charge is 0.478 e. The van der Waals surface area contributed by atoms with Gasteiger partial charge in [0.15, 0.2) is 0 Å². The number of carboxylic acids is 1. The molecule has 4 heteroatoms. The standard InChI is InChI=1S/C16H18N2O2/c1-10-8-11(10)9-18(2)15-7-6-12-13(16(19)20)4-3-5-14(12)17-15/h3-7,10-11H,8-9H2,1-2H3,(H,19,20). The van der Waals surface area contributed by atoms with E-state index in [0.717, 1.165) is 29.7 Å². The van der Waals surface area contributed by atoms with Crippen LogP contribution in [-0.4, -0.2) is 29.7 Å². The van der Waals surface area contributed by atoms with Crippen LogP contribution in [0.1, 0.15) is 23.7 Å². The number of rotatable bonds is 4. The molecule has 0 amide bonds. The van der Waals surface area contributed by atoms with Gasteiger partial charge in [-0.05, 0) is 42.5 Å². The number of carboxylic acid groups (broad SMARTS) is 1. The predicted octanol–water partition coefficient (Wildman–Crippen LogP) is 3.03. The Bertz CT molecular complexity index is 669. The summed E-state index contributed by atoms with van der Waals surface area (Å²) in [5, 5.41) is 9.87. The zero-order chi connectivity index (χ0) is 14.3. The van der Waals surface area contributed by atoms with Crippen LogP contribution in [0.2, 0.25) is 0 Å². The van der Waals surface area contributed by atoms with Crippen LogP contribution < -0.4 is 4.90 Å². The lowest BCUT2D eigenvalue weighted by atomic mass is 10.1. The van der Waals surface area contributed by atoms with E-state index in [9.17, 15) is 9.90 Å². The van der Waals surface area contributed by atoms with Gasteiger partial charge in [0.2, 0.25) is 0 Å². The van der Waals surface area contributed by atoms with Gasteiger partial charge in [-0.3, -0.25) is 0 Å². The molecule has 0 bridgehead atoms. The third-order valence-electron chi connectivity index (χ3n) is 4.12.